The van der Waals surface area contributed by atoms with Crippen LogP contribution in [0.5, 0.6) is 11.5 Å². The zero-order chi connectivity index (χ0) is 11.5. The van der Waals surface area contributed by atoms with Crippen molar-refractivity contribution in [1.29, 1.82) is 0 Å². The van der Waals surface area contributed by atoms with Crippen molar-refractivity contribution < 1.29 is 14.3 Å². The standard InChI is InChI=1S/C12H15NO3/c1-2-8(14)6-15-9-3-4-10-11(13)7-16-12(10)5-9/h3-5,11H,2,6-7,13H2,1H3/t11-/m0/s1. The normalized spacial score (nSPS) is 17.8. The Hall–Kier alpha value is -1.55. The molecule has 4 heteroatoms. The molecule has 86 valence electrons. The Morgan fingerprint density at radius 2 is 2.44 bits per heavy atom. The van der Waals surface area contributed by atoms with E-state index in [9.17, 15) is 4.79 Å². The SMILES string of the molecule is CCC(=O)COc1ccc2c(c1)OC[C@@H]2N. The van der Waals surface area contributed by atoms with Crippen molar-refractivity contribution in [3.63, 3.8) is 0 Å². The Morgan fingerprint density at radius 3 is 3.19 bits per heavy atom. The summed E-state index contributed by atoms with van der Waals surface area (Å²) in [7, 11) is 0. The van der Waals surface area contributed by atoms with E-state index in [1.165, 1.54) is 0 Å². The van der Waals surface area contributed by atoms with Crippen LogP contribution < -0.4 is 15.2 Å². The number of carbonyl (C=O) groups is 1. The smallest absolute Gasteiger partial charge is 0.169 e. The average molecular weight is 221 g/mol. The minimum Gasteiger partial charge on any atom is -0.491 e. The van der Waals surface area contributed by atoms with E-state index in [4.69, 9.17) is 15.2 Å². The third-order valence-electron chi connectivity index (χ3n) is 2.60. The molecule has 1 aromatic carbocycles. The summed E-state index contributed by atoms with van der Waals surface area (Å²) in [6.07, 6.45) is 0.492. The summed E-state index contributed by atoms with van der Waals surface area (Å²) in [5.74, 6) is 1.49. The van der Waals surface area contributed by atoms with Gasteiger partial charge in [0.2, 0.25) is 0 Å². The molecule has 0 spiro atoms. The van der Waals surface area contributed by atoms with E-state index >= 15 is 0 Å². The number of ether oxygens (including phenoxy) is 2. The minimum absolute atomic E-state index is 0.0543. The molecule has 1 atom stereocenters. The molecule has 1 aliphatic rings. The number of rotatable bonds is 4. The lowest BCUT2D eigenvalue weighted by molar-refractivity contribution is -0.120. The predicted octanol–water partition coefficient (Wildman–Crippen LogP) is 1.44. The van der Waals surface area contributed by atoms with Crippen LogP contribution in [0.3, 0.4) is 0 Å². The number of nitrogens with two attached hydrogens (primary N) is 1. The van der Waals surface area contributed by atoms with Gasteiger partial charge in [0, 0.05) is 18.1 Å². The fourth-order valence-corrected chi connectivity index (χ4v) is 1.57. The topological polar surface area (TPSA) is 61.5 Å². The molecule has 0 amide bonds. The summed E-state index contributed by atoms with van der Waals surface area (Å²) in [5.41, 5.74) is 6.81. The first-order chi connectivity index (χ1) is 7.70. The third-order valence-corrected chi connectivity index (χ3v) is 2.60. The largest absolute Gasteiger partial charge is 0.491 e. The van der Waals surface area contributed by atoms with Crippen LogP contribution in [0.25, 0.3) is 0 Å². The van der Waals surface area contributed by atoms with Gasteiger partial charge in [0.25, 0.3) is 0 Å². The predicted molar refractivity (Wildman–Crippen MR) is 59.7 cm³/mol. The van der Waals surface area contributed by atoms with Gasteiger partial charge in [0.15, 0.2) is 5.78 Å². The molecule has 0 aliphatic carbocycles. The van der Waals surface area contributed by atoms with Crippen LogP contribution in [0.15, 0.2) is 18.2 Å². The number of hydrogen-bond donors (Lipinski definition) is 1. The zero-order valence-electron chi connectivity index (χ0n) is 9.23. The summed E-state index contributed by atoms with van der Waals surface area (Å²) in [5, 5.41) is 0. The van der Waals surface area contributed by atoms with Gasteiger partial charge in [-0.25, -0.2) is 0 Å². The highest BCUT2D eigenvalue weighted by Gasteiger charge is 2.20. The van der Waals surface area contributed by atoms with Gasteiger partial charge in [-0.3, -0.25) is 4.79 Å². The number of carbonyl (C=O) groups excluding carboxylic acids is 1. The maximum Gasteiger partial charge on any atom is 0.169 e. The van der Waals surface area contributed by atoms with E-state index < -0.39 is 0 Å². The van der Waals surface area contributed by atoms with E-state index in [1.807, 2.05) is 19.1 Å². The van der Waals surface area contributed by atoms with Gasteiger partial charge in [-0.1, -0.05) is 6.92 Å². The van der Waals surface area contributed by atoms with Crippen molar-refractivity contribution in [1.82, 2.24) is 0 Å². The summed E-state index contributed by atoms with van der Waals surface area (Å²) < 4.78 is 10.7. The van der Waals surface area contributed by atoms with E-state index in [2.05, 4.69) is 0 Å². The van der Waals surface area contributed by atoms with E-state index in [-0.39, 0.29) is 18.4 Å². The maximum atomic E-state index is 11.1. The quantitative estimate of drug-likeness (QED) is 0.835. The molecule has 1 aliphatic heterocycles. The monoisotopic (exact) mass is 221 g/mol. The molecule has 1 aromatic rings. The molecule has 0 unspecified atom stereocenters. The molecular formula is C12H15NO3. The van der Waals surface area contributed by atoms with Crippen LogP contribution in [-0.4, -0.2) is 19.0 Å². The average Bonchev–Trinajstić information content (AvgIpc) is 2.67. The van der Waals surface area contributed by atoms with Crippen LogP contribution in [0.1, 0.15) is 24.9 Å². The second-order valence-electron chi connectivity index (χ2n) is 3.80. The fourth-order valence-electron chi connectivity index (χ4n) is 1.57. The van der Waals surface area contributed by atoms with E-state index in [0.29, 0.717) is 18.8 Å². The molecule has 16 heavy (non-hydrogen) atoms. The molecule has 2 N–H and O–H groups in total. The van der Waals surface area contributed by atoms with Crippen molar-refractivity contribution in [3.05, 3.63) is 23.8 Å². The lowest BCUT2D eigenvalue weighted by atomic mass is 10.1. The van der Waals surface area contributed by atoms with Gasteiger partial charge in [-0.2, -0.15) is 0 Å². The Labute approximate surface area is 94.3 Å². The summed E-state index contributed by atoms with van der Waals surface area (Å²) in [6, 6.07) is 5.43. The zero-order valence-corrected chi connectivity index (χ0v) is 9.23. The molecule has 0 fully saturated rings. The summed E-state index contributed by atoms with van der Waals surface area (Å²) in [6.45, 7) is 2.44. The first-order valence-electron chi connectivity index (χ1n) is 5.37. The Bertz CT molecular complexity index is 403. The molecule has 1 heterocycles. The first-order valence-corrected chi connectivity index (χ1v) is 5.37. The molecule has 0 saturated heterocycles. The fraction of sp³-hybridized carbons (Fsp3) is 0.417. The van der Waals surface area contributed by atoms with Crippen molar-refractivity contribution in [2.75, 3.05) is 13.2 Å². The summed E-state index contributed by atoms with van der Waals surface area (Å²) in [4.78, 5) is 11.1. The maximum absolute atomic E-state index is 11.1. The molecule has 0 radical (unpaired) electrons. The summed E-state index contributed by atoms with van der Waals surface area (Å²) >= 11 is 0. The van der Waals surface area contributed by atoms with Crippen molar-refractivity contribution in [3.8, 4) is 11.5 Å². The minimum atomic E-state index is -0.0543. The number of ketones is 1. The van der Waals surface area contributed by atoms with E-state index in [0.717, 1.165) is 11.3 Å². The lowest BCUT2D eigenvalue weighted by Gasteiger charge is -2.06. The van der Waals surface area contributed by atoms with Crippen molar-refractivity contribution >= 4 is 5.78 Å². The molecule has 0 bridgehead atoms. The van der Waals surface area contributed by atoms with Gasteiger partial charge in [0.05, 0.1) is 6.04 Å². The third kappa shape index (κ3) is 2.17. The van der Waals surface area contributed by atoms with Crippen LogP contribution in [0.2, 0.25) is 0 Å². The molecular weight excluding hydrogens is 206 g/mol. The van der Waals surface area contributed by atoms with Gasteiger partial charge in [-0.15, -0.1) is 0 Å². The second-order valence-corrected chi connectivity index (χ2v) is 3.80. The Kier molecular flexibility index (Phi) is 3.10. The van der Waals surface area contributed by atoms with Gasteiger partial charge >= 0.3 is 0 Å². The van der Waals surface area contributed by atoms with Gasteiger partial charge < -0.3 is 15.2 Å². The van der Waals surface area contributed by atoms with Crippen molar-refractivity contribution in [2.45, 2.75) is 19.4 Å². The lowest BCUT2D eigenvalue weighted by Crippen LogP contribution is -2.10. The first kappa shape index (κ1) is 11.0. The highest BCUT2D eigenvalue weighted by Crippen LogP contribution is 2.33. The van der Waals surface area contributed by atoms with Crippen LogP contribution in [-0.2, 0) is 4.79 Å². The molecule has 0 aromatic heterocycles. The molecule has 2 rings (SSSR count). The van der Waals surface area contributed by atoms with Gasteiger partial charge in [-0.05, 0) is 12.1 Å². The van der Waals surface area contributed by atoms with E-state index in [1.54, 1.807) is 6.07 Å². The number of benzene rings is 1. The Morgan fingerprint density at radius 1 is 1.62 bits per heavy atom. The van der Waals surface area contributed by atoms with Crippen molar-refractivity contribution in [2.24, 2.45) is 5.73 Å². The highest BCUT2D eigenvalue weighted by atomic mass is 16.5. The Balaban J connectivity index is 2.05. The van der Waals surface area contributed by atoms with Crippen LogP contribution >= 0.6 is 0 Å². The highest BCUT2D eigenvalue weighted by molar-refractivity contribution is 5.79. The number of Topliss-reactive ketones (excluding diaryl/α,β-unsaturated/α-hetero) is 1. The van der Waals surface area contributed by atoms with Crippen LogP contribution in [0.4, 0.5) is 0 Å². The molecule has 4 nitrogen and oxygen atoms in total. The molecule has 0 saturated carbocycles. The van der Waals surface area contributed by atoms with Crippen LogP contribution in [0, 0.1) is 0 Å². The number of hydrogen-bond acceptors (Lipinski definition) is 4. The second kappa shape index (κ2) is 4.53. The number of fused-ring (bicyclic) bond motifs is 1. The van der Waals surface area contributed by atoms with Gasteiger partial charge in [0.1, 0.15) is 24.7 Å².